The van der Waals surface area contributed by atoms with Crippen molar-refractivity contribution in [3.63, 3.8) is 0 Å². The Morgan fingerprint density at radius 2 is 1.65 bits per heavy atom. The van der Waals surface area contributed by atoms with Crippen LogP contribution in [-0.4, -0.2) is 30.6 Å². The van der Waals surface area contributed by atoms with Gasteiger partial charge in [0.15, 0.2) is 0 Å². The number of ether oxygens (including phenoxy) is 1. The fourth-order valence-electron chi connectivity index (χ4n) is 1.93. The summed E-state index contributed by atoms with van der Waals surface area (Å²) in [4.78, 5) is 11.4. The van der Waals surface area contributed by atoms with E-state index in [9.17, 15) is 35.5 Å². The minimum absolute atomic E-state index is 0.0947. The van der Waals surface area contributed by atoms with Gasteiger partial charge in [0.05, 0.1) is 12.3 Å². The number of esters is 1. The highest BCUT2D eigenvalue weighted by Gasteiger charge is 2.74. The number of halogens is 7. The van der Waals surface area contributed by atoms with Gasteiger partial charge in [0.1, 0.15) is 0 Å². The molecule has 0 saturated heterocycles. The van der Waals surface area contributed by atoms with Gasteiger partial charge in [0.25, 0.3) is 0 Å². The predicted octanol–water partition coefficient (Wildman–Crippen LogP) is 4.62. The number of allylic oxidation sites excluding steroid dienone is 1. The van der Waals surface area contributed by atoms with E-state index in [1.807, 2.05) is 5.32 Å². The summed E-state index contributed by atoms with van der Waals surface area (Å²) in [5.41, 5.74) is -1.57. The van der Waals surface area contributed by atoms with Crippen molar-refractivity contribution in [2.45, 2.75) is 37.9 Å². The molecule has 0 radical (unpaired) electrons. The fraction of sp³-hybridized carbons (Fsp3) is 0.438. The molecule has 146 valence electrons. The standard InChI is InChI=1S/C16H16F7NO2/c1-3-26-13(25)9-12(14(17,18)15(19,20)16(21,22)23)24-10(2)11-7-5-4-6-8-11/h4-10,24H,3H2,1-2H3/b12-9-/t10-/m0/s1. The maximum absolute atomic E-state index is 14.0. The van der Waals surface area contributed by atoms with Gasteiger partial charge in [-0.25, -0.2) is 4.79 Å². The maximum Gasteiger partial charge on any atom is 0.460 e. The number of benzene rings is 1. The molecule has 10 heteroatoms. The molecule has 0 heterocycles. The Labute approximate surface area is 144 Å². The molecule has 0 bridgehead atoms. The van der Waals surface area contributed by atoms with Gasteiger partial charge in [-0.1, -0.05) is 30.3 Å². The minimum Gasteiger partial charge on any atom is -0.463 e. The summed E-state index contributed by atoms with van der Waals surface area (Å²) in [5.74, 6) is -13.6. The van der Waals surface area contributed by atoms with Crippen LogP contribution in [0.5, 0.6) is 0 Å². The molecule has 0 aromatic heterocycles. The zero-order chi connectivity index (χ0) is 20.2. The van der Waals surface area contributed by atoms with Crippen molar-refractivity contribution in [2.24, 2.45) is 0 Å². The number of nitrogens with one attached hydrogen (secondary N) is 1. The van der Waals surface area contributed by atoms with Crippen molar-refractivity contribution in [3.8, 4) is 0 Å². The molecular weight excluding hydrogens is 371 g/mol. The van der Waals surface area contributed by atoms with E-state index in [-0.39, 0.29) is 12.7 Å². The summed E-state index contributed by atoms with van der Waals surface area (Å²) in [6.45, 7) is 2.29. The molecule has 0 fully saturated rings. The monoisotopic (exact) mass is 387 g/mol. The summed E-state index contributed by atoms with van der Waals surface area (Å²) >= 11 is 0. The third-order valence-electron chi connectivity index (χ3n) is 3.31. The van der Waals surface area contributed by atoms with Crippen LogP contribution < -0.4 is 5.32 Å². The summed E-state index contributed by atoms with van der Waals surface area (Å²) in [5, 5.41) is 1.87. The molecule has 1 rings (SSSR count). The second-order valence-electron chi connectivity index (χ2n) is 5.23. The number of rotatable bonds is 7. The van der Waals surface area contributed by atoms with Crippen LogP contribution in [0.4, 0.5) is 30.7 Å². The first-order chi connectivity index (χ1) is 11.8. The maximum atomic E-state index is 14.0. The van der Waals surface area contributed by atoms with E-state index in [2.05, 4.69) is 4.74 Å². The lowest BCUT2D eigenvalue weighted by atomic mass is 10.0. The Balaban J connectivity index is 3.31. The number of hydrogen-bond acceptors (Lipinski definition) is 3. The normalized spacial score (nSPS) is 14.7. The Hall–Kier alpha value is -2.26. The number of carbonyl (C=O) groups is 1. The Kier molecular flexibility index (Phi) is 6.67. The highest BCUT2D eigenvalue weighted by Crippen LogP contribution is 2.49. The Morgan fingerprint density at radius 3 is 2.12 bits per heavy atom. The summed E-state index contributed by atoms with van der Waals surface area (Å²) in [6.07, 6.45) is -6.62. The molecule has 3 nitrogen and oxygen atoms in total. The number of carbonyl (C=O) groups excluding carboxylic acids is 1. The third kappa shape index (κ3) is 4.67. The second kappa shape index (κ2) is 7.96. The lowest BCUT2D eigenvalue weighted by Crippen LogP contribution is -2.55. The minimum atomic E-state index is -6.53. The topological polar surface area (TPSA) is 38.3 Å². The molecule has 0 amide bonds. The first kappa shape index (κ1) is 21.8. The van der Waals surface area contributed by atoms with E-state index in [4.69, 9.17) is 0 Å². The summed E-state index contributed by atoms with van der Waals surface area (Å²) in [7, 11) is 0. The van der Waals surface area contributed by atoms with Crippen LogP contribution in [0.3, 0.4) is 0 Å². The number of hydrogen-bond donors (Lipinski definition) is 1. The second-order valence-corrected chi connectivity index (χ2v) is 5.23. The van der Waals surface area contributed by atoms with Crippen molar-refractivity contribution >= 4 is 5.97 Å². The highest BCUT2D eigenvalue weighted by molar-refractivity contribution is 5.83. The zero-order valence-electron chi connectivity index (χ0n) is 13.7. The van der Waals surface area contributed by atoms with Gasteiger partial charge in [-0.05, 0) is 19.4 Å². The first-order valence-electron chi connectivity index (χ1n) is 7.37. The molecule has 0 spiro atoms. The molecule has 0 aliphatic carbocycles. The van der Waals surface area contributed by atoms with Crippen LogP contribution in [0.2, 0.25) is 0 Å². The van der Waals surface area contributed by atoms with Gasteiger partial charge < -0.3 is 10.1 Å². The molecule has 1 aromatic carbocycles. The van der Waals surface area contributed by atoms with Gasteiger partial charge in [0, 0.05) is 12.1 Å². The van der Waals surface area contributed by atoms with Crippen molar-refractivity contribution < 1.29 is 40.3 Å². The average Bonchev–Trinajstić information content (AvgIpc) is 2.54. The van der Waals surface area contributed by atoms with E-state index in [0.29, 0.717) is 5.56 Å². The lowest BCUT2D eigenvalue weighted by Gasteiger charge is -2.31. The quantitative estimate of drug-likeness (QED) is 0.422. The molecule has 0 unspecified atom stereocenters. The van der Waals surface area contributed by atoms with Crippen molar-refractivity contribution in [1.82, 2.24) is 5.32 Å². The smallest absolute Gasteiger partial charge is 0.460 e. The molecule has 1 N–H and O–H groups in total. The van der Waals surface area contributed by atoms with Gasteiger partial charge in [-0.15, -0.1) is 0 Å². The van der Waals surface area contributed by atoms with Crippen LogP contribution in [0.1, 0.15) is 25.5 Å². The molecular formula is C16H16F7NO2. The third-order valence-corrected chi connectivity index (χ3v) is 3.31. The van der Waals surface area contributed by atoms with Crippen LogP contribution in [0, 0.1) is 0 Å². The van der Waals surface area contributed by atoms with Crippen LogP contribution in [-0.2, 0) is 9.53 Å². The summed E-state index contributed by atoms with van der Waals surface area (Å²) < 4.78 is 96.4. The van der Waals surface area contributed by atoms with Crippen molar-refractivity contribution in [1.29, 1.82) is 0 Å². The molecule has 0 aliphatic rings. The molecule has 0 saturated carbocycles. The van der Waals surface area contributed by atoms with Gasteiger partial charge in [-0.3, -0.25) is 0 Å². The average molecular weight is 387 g/mol. The van der Waals surface area contributed by atoms with Gasteiger partial charge >= 0.3 is 24.0 Å². The van der Waals surface area contributed by atoms with Crippen LogP contribution in [0.25, 0.3) is 0 Å². The molecule has 26 heavy (non-hydrogen) atoms. The van der Waals surface area contributed by atoms with Gasteiger partial charge in [-0.2, -0.15) is 30.7 Å². The Bertz CT molecular complexity index is 642. The molecule has 1 aromatic rings. The zero-order valence-corrected chi connectivity index (χ0v) is 13.7. The van der Waals surface area contributed by atoms with E-state index in [1.54, 1.807) is 6.07 Å². The lowest BCUT2D eigenvalue weighted by molar-refractivity contribution is -0.345. The van der Waals surface area contributed by atoms with Crippen molar-refractivity contribution in [3.05, 3.63) is 47.7 Å². The predicted molar refractivity (Wildman–Crippen MR) is 78.7 cm³/mol. The molecule has 1 atom stereocenters. The van der Waals surface area contributed by atoms with E-state index in [0.717, 1.165) is 0 Å². The fourth-order valence-corrected chi connectivity index (χ4v) is 1.93. The van der Waals surface area contributed by atoms with E-state index in [1.165, 1.54) is 38.1 Å². The first-order valence-corrected chi connectivity index (χ1v) is 7.37. The van der Waals surface area contributed by atoms with Crippen LogP contribution >= 0.6 is 0 Å². The largest absolute Gasteiger partial charge is 0.463 e. The molecule has 0 aliphatic heterocycles. The highest BCUT2D eigenvalue weighted by atomic mass is 19.4. The number of alkyl halides is 7. The van der Waals surface area contributed by atoms with E-state index < -0.39 is 35.7 Å². The Morgan fingerprint density at radius 1 is 1.12 bits per heavy atom. The SMILES string of the molecule is CCOC(=O)/C=C(\N[C@@H](C)c1ccccc1)C(F)(F)C(F)(F)C(F)(F)F. The van der Waals surface area contributed by atoms with E-state index >= 15 is 0 Å². The summed E-state index contributed by atoms with van der Waals surface area (Å²) in [6, 6.07) is 6.43. The van der Waals surface area contributed by atoms with Crippen LogP contribution in [0.15, 0.2) is 42.1 Å². The van der Waals surface area contributed by atoms with Crippen molar-refractivity contribution in [2.75, 3.05) is 6.61 Å². The van der Waals surface area contributed by atoms with Gasteiger partial charge in [0.2, 0.25) is 0 Å².